The summed E-state index contributed by atoms with van der Waals surface area (Å²) in [5.74, 6) is -1.95. The number of carboxylic acid groups (broad SMARTS) is 1. The lowest BCUT2D eigenvalue weighted by atomic mass is 9.87. The molecule has 1 aliphatic heterocycles. The number of carbonyl (C=O) groups is 4. The molecule has 30 heteroatoms. The van der Waals surface area contributed by atoms with E-state index in [9.17, 15) is 67.8 Å². The molecule has 10 atom stereocenters. The highest BCUT2D eigenvalue weighted by molar-refractivity contribution is 8.13. The number of phosphoric ester groups is 3. The average Bonchev–Trinajstić information content (AvgIpc) is 3.77. The van der Waals surface area contributed by atoms with Gasteiger partial charge in [0.05, 0.1) is 27.4 Å². The predicted octanol–water partition coefficient (Wildman–Crippen LogP) is -1.47. The molecule has 6 N–H and O–H groups in total. The molecule has 2 aromatic heterocycles. The molecule has 1 fully saturated rings. The fraction of sp³-hybridized carbons (Fsp3) is 0.750. The summed E-state index contributed by atoms with van der Waals surface area (Å²) >= 11 is 1.09. The minimum atomic E-state index is -5.93. The standard InChI is InChI=1S/C36H62N7O19P3S/c1-21(8-6-10-22(2)16-26(45)46)9-7-11-23(3)35(50)66-15-14-38-25(44)12-13-39-33(49)30(48)36(4,5)18-59-65(56,57)62-64(54,55)58-17-24-29(61-63(51,52)53)28(47)34(60-24)43-20-42-27-31(37)40-19-41-32(27)43/h19-24,28-30,34,47-48H,6-18H2,1-5H3,(H,38,44)(H,39,49)(H,45,46)(H,54,55)(H,56,57)(H2,37,40,41)(H2,51,52,53)/p-5/t21?,22?,23?,24-,28+,29-,30+,34-/m1/s1. The second kappa shape index (κ2) is 25.6. The van der Waals surface area contributed by atoms with Gasteiger partial charge < -0.3 is 78.9 Å². The first kappa shape index (κ1) is 57.3. The topological polar surface area (TPSA) is 415 Å². The third-order valence-electron chi connectivity index (χ3n) is 10.4. The zero-order valence-corrected chi connectivity index (χ0v) is 40.4. The van der Waals surface area contributed by atoms with Crippen LogP contribution in [0.25, 0.3) is 11.2 Å². The Balaban J connectivity index is 1.37. The van der Waals surface area contributed by atoms with E-state index in [1.807, 2.05) is 13.8 Å². The van der Waals surface area contributed by atoms with E-state index < -0.39 is 90.5 Å². The number of amides is 2. The highest BCUT2D eigenvalue weighted by atomic mass is 32.2. The summed E-state index contributed by atoms with van der Waals surface area (Å²) in [5.41, 5.74) is 4.05. The minimum Gasteiger partial charge on any atom is -0.790 e. The monoisotopic (exact) mass is 1020 g/mol. The van der Waals surface area contributed by atoms with Crippen LogP contribution in [0.15, 0.2) is 12.7 Å². The number of ether oxygens (including phenoxy) is 1. The number of hydrogen-bond acceptors (Lipinski definition) is 24. The maximum atomic E-state index is 12.6. The van der Waals surface area contributed by atoms with Gasteiger partial charge in [-0.15, -0.1) is 0 Å². The Kier molecular flexibility index (Phi) is 22.2. The van der Waals surface area contributed by atoms with E-state index >= 15 is 0 Å². The molecule has 1 aliphatic rings. The summed E-state index contributed by atoms with van der Waals surface area (Å²) in [7, 11) is -17.6. The maximum Gasteiger partial charge on any atom is 0.274 e. The van der Waals surface area contributed by atoms with Crippen molar-refractivity contribution in [3.8, 4) is 0 Å². The number of fused-ring (bicyclic) bond motifs is 1. The van der Waals surface area contributed by atoms with E-state index in [1.165, 1.54) is 13.8 Å². The molecule has 3 rings (SSSR count). The first-order valence-corrected chi connectivity index (χ1v) is 26.2. The molecule has 0 aromatic carbocycles. The largest absolute Gasteiger partial charge is 0.790 e. The molecule has 0 spiro atoms. The Morgan fingerprint density at radius 1 is 0.955 bits per heavy atom. The van der Waals surface area contributed by atoms with Gasteiger partial charge in [-0.05, 0) is 24.7 Å². The summed E-state index contributed by atoms with van der Waals surface area (Å²) in [6, 6.07) is 0. The number of aliphatic carboxylic acids is 1. The summed E-state index contributed by atoms with van der Waals surface area (Å²) in [5, 5.41) is 37.1. The molecule has 2 aromatic rings. The SMILES string of the molecule is CC(CCCC(C)CC(=O)[O-])CCCC(C)C(=O)SCCNC(=O)CCNC(=O)[C@H](O)C(C)(C)COP(=O)([O-])OP(=O)([O-])OC[C@H]1O[C@@H](n2cnc3c(N)ncnc32)[C@@H](O)[C@@H]1OP(=O)([O-])[O-]. The quantitative estimate of drug-likeness (QED) is 0.0440. The van der Waals surface area contributed by atoms with Crippen molar-refractivity contribution in [3.63, 3.8) is 0 Å². The van der Waals surface area contributed by atoms with E-state index in [0.29, 0.717) is 18.1 Å². The molecule has 0 bridgehead atoms. The number of aliphatic hydroxyl groups is 2. The Morgan fingerprint density at radius 2 is 1.59 bits per heavy atom. The maximum absolute atomic E-state index is 12.6. The van der Waals surface area contributed by atoms with Crippen molar-refractivity contribution < 1.29 is 90.4 Å². The number of thioether (sulfide) groups is 1. The number of aromatic nitrogens is 4. The predicted molar refractivity (Wildman–Crippen MR) is 223 cm³/mol. The van der Waals surface area contributed by atoms with E-state index in [4.69, 9.17) is 10.5 Å². The van der Waals surface area contributed by atoms with Crippen LogP contribution < -0.4 is 41.0 Å². The second-order valence-electron chi connectivity index (χ2n) is 16.7. The lowest BCUT2D eigenvalue weighted by Gasteiger charge is -2.36. The van der Waals surface area contributed by atoms with Gasteiger partial charge >= 0.3 is 0 Å². The van der Waals surface area contributed by atoms with Gasteiger partial charge in [0.25, 0.3) is 15.6 Å². The van der Waals surface area contributed by atoms with E-state index in [-0.39, 0.29) is 59.9 Å². The highest BCUT2D eigenvalue weighted by Gasteiger charge is 2.47. The molecular formula is C36H57N7O19P3S-5. The molecule has 376 valence electrons. The van der Waals surface area contributed by atoms with Crippen LogP contribution in [0, 0.1) is 23.2 Å². The van der Waals surface area contributed by atoms with Crippen LogP contribution in [0.3, 0.4) is 0 Å². The molecule has 0 radical (unpaired) electrons. The zero-order chi connectivity index (χ0) is 49.6. The third-order valence-corrected chi connectivity index (χ3v) is 14.5. The molecular weight excluding hydrogens is 959 g/mol. The zero-order valence-electron chi connectivity index (χ0n) is 36.9. The molecule has 0 aliphatic carbocycles. The van der Waals surface area contributed by atoms with E-state index in [1.54, 1.807) is 0 Å². The molecule has 5 unspecified atom stereocenters. The smallest absolute Gasteiger partial charge is 0.274 e. The Labute approximate surface area is 384 Å². The number of nitrogens with one attached hydrogen (secondary N) is 2. The van der Waals surface area contributed by atoms with Crippen molar-refractivity contribution >= 4 is 75.1 Å². The summed E-state index contributed by atoms with van der Waals surface area (Å²) in [6.07, 6.45) is -2.34. The molecule has 3 heterocycles. The molecule has 26 nitrogen and oxygen atoms in total. The molecule has 66 heavy (non-hydrogen) atoms. The summed E-state index contributed by atoms with van der Waals surface area (Å²) in [6.45, 7) is 5.91. The van der Waals surface area contributed by atoms with Crippen molar-refractivity contribution in [1.29, 1.82) is 0 Å². The first-order valence-electron chi connectivity index (χ1n) is 20.8. The van der Waals surface area contributed by atoms with Gasteiger partial charge in [0.1, 0.15) is 36.3 Å². The molecule has 0 saturated carbocycles. The number of nitrogen functional groups attached to an aromatic ring is 1. The Bertz CT molecular complexity index is 2100. The van der Waals surface area contributed by atoms with E-state index in [2.05, 4.69) is 50.4 Å². The highest BCUT2D eigenvalue weighted by Crippen LogP contribution is 2.56. The van der Waals surface area contributed by atoms with Crippen LogP contribution in [0.2, 0.25) is 0 Å². The van der Waals surface area contributed by atoms with Gasteiger partial charge in [-0.2, -0.15) is 0 Å². The van der Waals surface area contributed by atoms with Gasteiger partial charge in [-0.1, -0.05) is 78.5 Å². The lowest BCUT2D eigenvalue weighted by molar-refractivity contribution is -0.347. The van der Waals surface area contributed by atoms with Crippen molar-refractivity contribution in [2.45, 2.75) is 117 Å². The van der Waals surface area contributed by atoms with Crippen LogP contribution in [-0.2, 0) is 55.5 Å². The van der Waals surface area contributed by atoms with Crippen molar-refractivity contribution in [2.24, 2.45) is 23.2 Å². The van der Waals surface area contributed by atoms with Crippen molar-refractivity contribution in [2.75, 3.05) is 37.8 Å². The van der Waals surface area contributed by atoms with Crippen molar-refractivity contribution in [1.82, 2.24) is 30.2 Å². The van der Waals surface area contributed by atoms with Gasteiger partial charge in [0.15, 0.2) is 22.8 Å². The lowest BCUT2D eigenvalue weighted by Crippen LogP contribution is -2.46. The summed E-state index contributed by atoms with van der Waals surface area (Å²) in [4.78, 5) is 108. The van der Waals surface area contributed by atoms with Crippen LogP contribution in [0.1, 0.15) is 92.2 Å². The van der Waals surface area contributed by atoms with Gasteiger partial charge in [-0.3, -0.25) is 28.1 Å². The number of carbonyl (C=O) groups excluding carboxylic acids is 4. The van der Waals surface area contributed by atoms with Gasteiger partial charge in [0, 0.05) is 42.6 Å². The Morgan fingerprint density at radius 3 is 2.24 bits per heavy atom. The summed E-state index contributed by atoms with van der Waals surface area (Å²) < 4.78 is 60.8. The van der Waals surface area contributed by atoms with E-state index in [0.717, 1.165) is 61.1 Å². The molecule has 2 amide bonds. The number of rotatable bonds is 30. The number of aliphatic hydroxyl groups excluding tert-OH is 2. The van der Waals surface area contributed by atoms with Gasteiger partial charge in [-0.25, -0.2) is 19.3 Å². The third kappa shape index (κ3) is 19.2. The van der Waals surface area contributed by atoms with Crippen molar-refractivity contribution in [3.05, 3.63) is 12.7 Å². The number of carboxylic acids is 1. The fourth-order valence-electron chi connectivity index (χ4n) is 6.64. The van der Waals surface area contributed by atoms with Crippen LogP contribution in [0.4, 0.5) is 5.82 Å². The minimum absolute atomic E-state index is 0.00589. The number of phosphoric acid groups is 3. The number of hydrogen-bond donors (Lipinski definition) is 5. The number of nitrogens with two attached hydrogens (primary N) is 1. The normalized spacial score (nSPS) is 21.6. The van der Waals surface area contributed by atoms with Crippen LogP contribution >= 0.6 is 35.2 Å². The first-order chi connectivity index (χ1) is 30.6. The number of imidazole rings is 1. The Hall–Kier alpha value is -2.97. The van der Waals surface area contributed by atoms with Crippen LogP contribution in [-0.4, -0.2) is 109 Å². The second-order valence-corrected chi connectivity index (χ2v) is 21.9. The van der Waals surface area contributed by atoms with Gasteiger partial charge in [0.2, 0.25) is 11.8 Å². The van der Waals surface area contributed by atoms with Crippen LogP contribution in [0.5, 0.6) is 0 Å². The number of anilines is 1. The number of nitrogens with zero attached hydrogens (tertiary/aromatic N) is 4. The molecule has 1 saturated heterocycles. The fourth-order valence-corrected chi connectivity index (χ4v) is 10.2. The average molecular weight is 1020 g/mol.